The van der Waals surface area contributed by atoms with Gasteiger partial charge in [0.15, 0.2) is 0 Å². The molecular weight excluding hydrogens is 394 g/mol. The van der Waals surface area contributed by atoms with E-state index < -0.39 is 23.5 Å². The van der Waals surface area contributed by atoms with Gasteiger partial charge in [-0.2, -0.15) is 0 Å². The van der Waals surface area contributed by atoms with Gasteiger partial charge < -0.3 is 10.4 Å². The van der Waals surface area contributed by atoms with E-state index in [4.69, 9.17) is 11.6 Å². The summed E-state index contributed by atoms with van der Waals surface area (Å²) in [4.78, 5) is 36.3. The highest BCUT2D eigenvalue weighted by atomic mass is 35.5. The molecule has 0 aliphatic heterocycles. The van der Waals surface area contributed by atoms with Crippen molar-refractivity contribution in [2.45, 2.75) is 26.3 Å². The monoisotopic (exact) mass is 413 g/mol. The third kappa shape index (κ3) is 4.75. The minimum Gasteiger partial charge on any atom is -0.481 e. The summed E-state index contributed by atoms with van der Waals surface area (Å²) in [5.74, 6) is -1.61. The molecule has 2 aromatic carbocycles. The molecule has 3 rings (SSSR count). The Bertz CT molecular complexity index is 1120. The number of nitrogens with zero attached hydrogens (tertiary/aromatic N) is 1. The standard InChI is InChI=1S/C21H20ClN3O4/c1-12-3-8-16(13(2)9-12)17(11-20(27)28)23-21(29)18-10-19(26)25(24-18)15-6-4-14(22)5-7-15/h3-10,17,24H,11H2,1-2H3,(H,23,29)(H,27,28). The molecule has 1 heterocycles. The third-order valence-corrected chi connectivity index (χ3v) is 4.79. The molecule has 150 valence electrons. The Balaban J connectivity index is 1.88. The van der Waals surface area contributed by atoms with Gasteiger partial charge in [0.05, 0.1) is 18.2 Å². The van der Waals surface area contributed by atoms with E-state index in [9.17, 15) is 19.5 Å². The van der Waals surface area contributed by atoms with Crippen molar-refractivity contribution in [1.82, 2.24) is 15.1 Å². The SMILES string of the molecule is Cc1ccc(C(CC(=O)O)NC(=O)c2cc(=O)n(-c3ccc(Cl)cc3)[nH]2)c(C)c1. The lowest BCUT2D eigenvalue weighted by Gasteiger charge is -2.19. The van der Waals surface area contributed by atoms with Gasteiger partial charge in [0, 0.05) is 11.1 Å². The van der Waals surface area contributed by atoms with Crippen LogP contribution in [0.2, 0.25) is 5.02 Å². The first-order chi connectivity index (χ1) is 13.7. The molecule has 0 spiro atoms. The number of amides is 1. The van der Waals surface area contributed by atoms with Crippen molar-refractivity contribution in [2.75, 3.05) is 0 Å². The van der Waals surface area contributed by atoms with E-state index in [0.29, 0.717) is 16.3 Å². The summed E-state index contributed by atoms with van der Waals surface area (Å²) >= 11 is 5.86. The van der Waals surface area contributed by atoms with Crippen molar-refractivity contribution in [3.05, 3.63) is 86.3 Å². The minimum absolute atomic E-state index is 0.0325. The van der Waals surface area contributed by atoms with Crippen LogP contribution in [-0.4, -0.2) is 26.8 Å². The molecule has 0 radical (unpaired) electrons. The third-order valence-electron chi connectivity index (χ3n) is 4.53. The van der Waals surface area contributed by atoms with Crippen LogP contribution in [0.5, 0.6) is 0 Å². The molecule has 0 saturated carbocycles. The van der Waals surface area contributed by atoms with Gasteiger partial charge in [0.1, 0.15) is 5.69 Å². The first-order valence-electron chi connectivity index (χ1n) is 8.92. The smallest absolute Gasteiger partial charge is 0.305 e. The zero-order valence-corrected chi connectivity index (χ0v) is 16.7. The van der Waals surface area contributed by atoms with E-state index in [1.165, 1.54) is 10.7 Å². The van der Waals surface area contributed by atoms with Crippen LogP contribution in [0, 0.1) is 13.8 Å². The molecule has 0 fully saturated rings. The van der Waals surface area contributed by atoms with E-state index >= 15 is 0 Å². The summed E-state index contributed by atoms with van der Waals surface area (Å²) < 4.78 is 1.22. The van der Waals surface area contributed by atoms with Gasteiger partial charge in [0.2, 0.25) is 0 Å². The number of carboxylic acids is 1. The van der Waals surface area contributed by atoms with Crippen LogP contribution in [-0.2, 0) is 4.79 Å². The second kappa shape index (κ2) is 8.36. The van der Waals surface area contributed by atoms with Crippen LogP contribution in [0.3, 0.4) is 0 Å². The fourth-order valence-electron chi connectivity index (χ4n) is 3.16. The average Bonchev–Trinajstić information content (AvgIpc) is 3.03. The fourth-order valence-corrected chi connectivity index (χ4v) is 3.29. The number of carboxylic acid groups (broad SMARTS) is 1. The van der Waals surface area contributed by atoms with E-state index in [2.05, 4.69) is 10.4 Å². The lowest BCUT2D eigenvalue weighted by atomic mass is 9.97. The number of carbonyl (C=O) groups is 2. The van der Waals surface area contributed by atoms with Crippen molar-refractivity contribution in [1.29, 1.82) is 0 Å². The Morgan fingerprint density at radius 1 is 1.14 bits per heavy atom. The van der Waals surface area contributed by atoms with Gasteiger partial charge in [-0.15, -0.1) is 0 Å². The van der Waals surface area contributed by atoms with Crippen LogP contribution < -0.4 is 10.9 Å². The topological polar surface area (TPSA) is 104 Å². The highest BCUT2D eigenvalue weighted by Gasteiger charge is 2.22. The zero-order chi connectivity index (χ0) is 21.1. The molecule has 29 heavy (non-hydrogen) atoms. The number of carbonyl (C=O) groups excluding carboxylic acids is 1. The van der Waals surface area contributed by atoms with E-state index in [-0.39, 0.29) is 12.1 Å². The molecule has 8 heteroatoms. The molecule has 1 aromatic heterocycles. The van der Waals surface area contributed by atoms with Crippen LogP contribution in [0.1, 0.15) is 39.6 Å². The fraction of sp³-hybridized carbons (Fsp3) is 0.190. The quantitative estimate of drug-likeness (QED) is 0.576. The molecule has 0 aliphatic carbocycles. The van der Waals surface area contributed by atoms with E-state index in [1.54, 1.807) is 30.3 Å². The van der Waals surface area contributed by atoms with Crippen molar-refractivity contribution in [2.24, 2.45) is 0 Å². The van der Waals surface area contributed by atoms with Gasteiger partial charge in [-0.1, -0.05) is 35.4 Å². The molecular formula is C21H20ClN3O4. The van der Waals surface area contributed by atoms with E-state index in [1.807, 2.05) is 26.0 Å². The molecule has 3 N–H and O–H groups in total. The highest BCUT2D eigenvalue weighted by molar-refractivity contribution is 6.30. The lowest BCUT2D eigenvalue weighted by Crippen LogP contribution is -2.31. The molecule has 1 atom stereocenters. The summed E-state index contributed by atoms with van der Waals surface area (Å²) in [6.45, 7) is 3.80. The van der Waals surface area contributed by atoms with Crippen LogP contribution in [0.4, 0.5) is 0 Å². The number of aromatic amines is 1. The van der Waals surface area contributed by atoms with Crippen molar-refractivity contribution in [3.63, 3.8) is 0 Å². The average molecular weight is 414 g/mol. The normalized spacial score (nSPS) is 11.8. The molecule has 0 bridgehead atoms. The summed E-state index contributed by atoms with van der Waals surface area (Å²) in [7, 11) is 0. The van der Waals surface area contributed by atoms with E-state index in [0.717, 1.165) is 11.1 Å². The van der Waals surface area contributed by atoms with Crippen LogP contribution in [0.25, 0.3) is 5.69 Å². The lowest BCUT2D eigenvalue weighted by molar-refractivity contribution is -0.137. The Morgan fingerprint density at radius 3 is 2.45 bits per heavy atom. The number of benzene rings is 2. The summed E-state index contributed by atoms with van der Waals surface area (Å²) in [6.07, 6.45) is -0.280. The Morgan fingerprint density at radius 2 is 1.83 bits per heavy atom. The van der Waals surface area contributed by atoms with Crippen molar-refractivity contribution < 1.29 is 14.7 Å². The Hall–Kier alpha value is -3.32. The first-order valence-corrected chi connectivity index (χ1v) is 9.30. The maximum atomic E-state index is 12.7. The largest absolute Gasteiger partial charge is 0.481 e. The van der Waals surface area contributed by atoms with Gasteiger partial charge in [-0.3, -0.25) is 19.5 Å². The van der Waals surface area contributed by atoms with Crippen LogP contribution >= 0.6 is 11.6 Å². The van der Waals surface area contributed by atoms with Gasteiger partial charge in [-0.25, -0.2) is 4.68 Å². The maximum absolute atomic E-state index is 12.7. The number of aliphatic carboxylic acids is 1. The highest BCUT2D eigenvalue weighted by Crippen LogP contribution is 2.22. The number of nitrogens with one attached hydrogen (secondary N) is 2. The Labute approximate surface area is 171 Å². The summed E-state index contributed by atoms with van der Waals surface area (Å²) in [6, 6.07) is 12.6. The van der Waals surface area contributed by atoms with Gasteiger partial charge in [0.25, 0.3) is 11.5 Å². The number of hydrogen-bond donors (Lipinski definition) is 3. The van der Waals surface area contributed by atoms with Gasteiger partial charge in [-0.05, 0) is 49.2 Å². The number of H-pyrrole nitrogens is 1. The molecule has 7 nitrogen and oxygen atoms in total. The summed E-state index contributed by atoms with van der Waals surface area (Å²) in [5.41, 5.74) is 2.77. The second-order valence-corrected chi connectivity index (χ2v) is 7.24. The maximum Gasteiger partial charge on any atom is 0.305 e. The predicted octanol–water partition coefficient (Wildman–Crippen LogP) is 3.38. The first kappa shape index (κ1) is 20.4. The number of aromatic nitrogens is 2. The predicted molar refractivity (Wildman–Crippen MR) is 110 cm³/mol. The molecule has 1 unspecified atom stereocenters. The molecule has 0 aliphatic rings. The Kier molecular flexibility index (Phi) is 5.89. The molecule has 1 amide bonds. The van der Waals surface area contributed by atoms with Gasteiger partial charge >= 0.3 is 5.97 Å². The van der Waals surface area contributed by atoms with Crippen molar-refractivity contribution >= 4 is 23.5 Å². The molecule has 3 aromatic rings. The number of aryl methyl sites for hydroxylation is 2. The van der Waals surface area contributed by atoms with Crippen molar-refractivity contribution in [3.8, 4) is 5.69 Å². The second-order valence-electron chi connectivity index (χ2n) is 6.80. The summed E-state index contributed by atoms with van der Waals surface area (Å²) in [5, 5.41) is 15.3. The van der Waals surface area contributed by atoms with Crippen LogP contribution in [0.15, 0.2) is 53.3 Å². The number of rotatable bonds is 6. The molecule has 0 saturated heterocycles. The number of halogens is 1. The minimum atomic E-state index is -1.04. The number of hydrogen-bond acceptors (Lipinski definition) is 3. The zero-order valence-electron chi connectivity index (χ0n) is 15.9.